The van der Waals surface area contributed by atoms with Crippen LogP contribution in [0.3, 0.4) is 0 Å². The first-order valence-corrected chi connectivity index (χ1v) is 6.33. The standard InChI is InChI=1S/C14H19N3O2/c1-14(2,7-8-18)16-13(19)9-17-10-15-11-5-3-4-6-12(11)17/h3-6,10,18H,7-9H2,1-2H3,(H,16,19). The SMILES string of the molecule is CC(C)(CCO)NC(=O)Cn1cnc2ccccc21. The van der Waals surface area contributed by atoms with E-state index >= 15 is 0 Å². The minimum Gasteiger partial charge on any atom is -0.396 e. The summed E-state index contributed by atoms with van der Waals surface area (Å²) < 4.78 is 1.82. The number of fused-ring (bicyclic) bond motifs is 1. The molecule has 19 heavy (non-hydrogen) atoms. The molecule has 2 rings (SSSR count). The van der Waals surface area contributed by atoms with E-state index in [1.54, 1.807) is 6.33 Å². The van der Waals surface area contributed by atoms with Gasteiger partial charge in [-0.3, -0.25) is 4.79 Å². The number of aliphatic hydroxyl groups is 1. The zero-order valence-electron chi connectivity index (χ0n) is 11.3. The van der Waals surface area contributed by atoms with Crippen molar-refractivity contribution in [1.29, 1.82) is 0 Å². The summed E-state index contributed by atoms with van der Waals surface area (Å²) in [5.74, 6) is -0.0818. The van der Waals surface area contributed by atoms with E-state index < -0.39 is 5.54 Å². The zero-order valence-corrected chi connectivity index (χ0v) is 11.3. The summed E-state index contributed by atoms with van der Waals surface area (Å²) in [6.07, 6.45) is 2.20. The van der Waals surface area contributed by atoms with Crippen molar-refractivity contribution in [2.24, 2.45) is 0 Å². The molecule has 0 saturated carbocycles. The minimum absolute atomic E-state index is 0.0568. The van der Waals surface area contributed by atoms with Crippen molar-refractivity contribution in [2.45, 2.75) is 32.4 Å². The molecule has 0 bridgehead atoms. The highest BCUT2D eigenvalue weighted by Gasteiger charge is 2.19. The number of benzene rings is 1. The molecule has 102 valence electrons. The normalized spacial score (nSPS) is 11.7. The van der Waals surface area contributed by atoms with Gasteiger partial charge in [-0.2, -0.15) is 0 Å². The number of imidazole rings is 1. The molecule has 5 heteroatoms. The average Bonchev–Trinajstić information content (AvgIpc) is 2.72. The lowest BCUT2D eigenvalue weighted by molar-refractivity contribution is -0.123. The molecule has 0 saturated heterocycles. The number of amides is 1. The van der Waals surface area contributed by atoms with Crippen molar-refractivity contribution in [3.05, 3.63) is 30.6 Å². The summed E-state index contributed by atoms with van der Waals surface area (Å²) in [4.78, 5) is 16.3. The highest BCUT2D eigenvalue weighted by atomic mass is 16.3. The third kappa shape index (κ3) is 3.32. The summed E-state index contributed by atoms with van der Waals surface area (Å²) in [6, 6.07) is 7.70. The monoisotopic (exact) mass is 261 g/mol. The molecule has 0 atom stereocenters. The maximum Gasteiger partial charge on any atom is 0.240 e. The predicted octanol–water partition coefficient (Wildman–Crippen LogP) is 1.31. The van der Waals surface area contributed by atoms with Gasteiger partial charge in [-0.25, -0.2) is 4.98 Å². The van der Waals surface area contributed by atoms with E-state index in [2.05, 4.69) is 10.3 Å². The second-order valence-corrected chi connectivity index (χ2v) is 5.27. The summed E-state index contributed by atoms with van der Waals surface area (Å²) >= 11 is 0. The molecule has 0 unspecified atom stereocenters. The van der Waals surface area contributed by atoms with Gasteiger partial charge in [-0.15, -0.1) is 0 Å². The van der Waals surface area contributed by atoms with Gasteiger partial charge < -0.3 is 15.0 Å². The van der Waals surface area contributed by atoms with E-state index in [0.717, 1.165) is 11.0 Å². The van der Waals surface area contributed by atoms with Crippen LogP contribution in [0.15, 0.2) is 30.6 Å². The Labute approximate surface area is 112 Å². The van der Waals surface area contributed by atoms with Crippen molar-refractivity contribution in [3.63, 3.8) is 0 Å². The fourth-order valence-electron chi connectivity index (χ4n) is 2.05. The van der Waals surface area contributed by atoms with E-state index in [1.807, 2.05) is 42.7 Å². The molecule has 0 spiro atoms. The Morgan fingerprint density at radius 2 is 2.16 bits per heavy atom. The first-order valence-electron chi connectivity index (χ1n) is 6.33. The van der Waals surface area contributed by atoms with Crippen LogP contribution in [0.2, 0.25) is 0 Å². The fraction of sp³-hybridized carbons (Fsp3) is 0.429. The van der Waals surface area contributed by atoms with Crippen LogP contribution in [-0.2, 0) is 11.3 Å². The third-order valence-electron chi connectivity index (χ3n) is 3.06. The van der Waals surface area contributed by atoms with E-state index in [0.29, 0.717) is 6.42 Å². The topological polar surface area (TPSA) is 67.2 Å². The first-order chi connectivity index (χ1) is 9.02. The first kappa shape index (κ1) is 13.5. The number of rotatable bonds is 5. The average molecular weight is 261 g/mol. The quantitative estimate of drug-likeness (QED) is 0.853. The number of para-hydroxylation sites is 2. The Kier molecular flexibility index (Phi) is 3.85. The molecule has 2 N–H and O–H groups in total. The number of aliphatic hydroxyl groups excluding tert-OH is 1. The number of nitrogens with one attached hydrogen (secondary N) is 1. The van der Waals surface area contributed by atoms with Crippen molar-refractivity contribution >= 4 is 16.9 Å². The molecule has 1 amide bonds. The van der Waals surface area contributed by atoms with Crippen LogP contribution in [0.4, 0.5) is 0 Å². The smallest absolute Gasteiger partial charge is 0.240 e. The molecule has 1 aromatic heterocycles. The lowest BCUT2D eigenvalue weighted by Crippen LogP contribution is -2.45. The van der Waals surface area contributed by atoms with Crippen LogP contribution in [0.1, 0.15) is 20.3 Å². The lowest BCUT2D eigenvalue weighted by Gasteiger charge is -2.25. The van der Waals surface area contributed by atoms with Crippen LogP contribution in [0, 0.1) is 0 Å². The van der Waals surface area contributed by atoms with Crippen molar-refractivity contribution in [2.75, 3.05) is 6.61 Å². The number of nitrogens with zero attached hydrogens (tertiary/aromatic N) is 2. The maximum absolute atomic E-state index is 12.0. The van der Waals surface area contributed by atoms with Crippen molar-refractivity contribution < 1.29 is 9.90 Å². The predicted molar refractivity (Wildman–Crippen MR) is 73.7 cm³/mol. The molecule has 2 aromatic rings. The molecular weight excluding hydrogens is 242 g/mol. The number of aromatic nitrogens is 2. The second kappa shape index (κ2) is 5.40. The Hall–Kier alpha value is -1.88. The molecular formula is C14H19N3O2. The summed E-state index contributed by atoms with van der Waals surface area (Å²) in [7, 11) is 0. The number of hydrogen-bond donors (Lipinski definition) is 2. The molecule has 0 aliphatic rings. The van der Waals surface area contributed by atoms with E-state index in [4.69, 9.17) is 5.11 Å². The summed E-state index contributed by atoms with van der Waals surface area (Å²) in [5, 5.41) is 11.9. The second-order valence-electron chi connectivity index (χ2n) is 5.27. The highest BCUT2D eigenvalue weighted by Crippen LogP contribution is 2.12. The Morgan fingerprint density at radius 1 is 1.42 bits per heavy atom. The zero-order chi connectivity index (χ0) is 13.9. The van der Waals surface area contributed by atoms with Crippen molar-refractivity contribution in [3.8, 4) is 0 Å². The third-order valence-corrected chi connectivity index (χ3v) is 3.06. The van der Waals surface area contributed by atoms with E-state index in [9.17, 15) is 4.79 Å². The van der Waals surface area contributed by atoms with Gasteiger partial charge in [0, 0.05) is 12.1 Å². The molecule has 1 heterocycles. The van der Waals surface area contributed by atoms with Gasteiger partial charge in [0.05, 0.1) is 17.4 Å². The van der Waals surface area contributed by atoms with Gasteiger partial charge in [0.2, 0.25) is 5.91 Å². The largest absolute Gasteiger partial charge is 0.396 e. The van der Waals surface area contributed by atoms with Crippen LogP contribution in [0.5, 0.6) is 0 Å². The van der Waals surface area contributed by atoms with Gasteiger partial charge >= 0.3 is 0 Å². The van der Waals surface area contributed by atoms with Crippen molar-refractivity contribution in [1.82, 2.24) is 14.9 Å². The molecule has 1 aromatic carbocycles. The van der Waals surface area contributed by atoms with E-state index in [1.165, 1.54) is 0 Å². The van der Waals surface area contributed by atoms with E-state index in [-0.39, 0.29) is 19.1 Å². The molecule has 0 fully saturated rings. The number of carbonyl (C=O) groups excluding carboxylic acids is 1. The summed E-state index contributed by atoms with van der Waals surface area (Å²) in [6.45, 7) is 4.08. The maximum atomic E-state index is 12.0. The van der Waals surface area contributed by atoms with Gasteiger partial charge in [0.25, 0.3) is 0 Å². The van der Waals surface area contributed by atoms with Crippen LogP contribution < -0.4 is 5.32 Å². The molecule has 5 nitrogen and oxygen atoms in total. The van der Waals surface area contributed by atoms with Gasteiger partial charge in [-0.1, -0.05) is 12.1 Å². The molecule has 0 aliphatic carbocycles. The highest BCUT2D eigenvalue weighted by molar-refractivity contribution is 5.80. The molecule has 0 radical (unpaired) electrons. The molecule has 0 aliphatic heterocycles. The van der Waals surface area contributed by atoms with Gasteiger partial charge in [0.15, 0.2) is 0 Å². The summed E-state index contributed by atoms with van der Waals surface area (Å²) in [5.41, 5.74) is 1.42. The van der Waals surface area contributed by atoms with Crippen LogP contribution in [0.25, 0.3) is 11.0 Å². The fourth-order valence-corrected chi connectivity index (χ4v) is 2.05. The van der Waals surface area contributed by atoms with Gasteiger partial charge in [-0.05, 0) is 32.4 Å². The lowest BCUT2D eigenvalue weighted by atomic mass is 10.0. The number of carbonyl (C=O) groups is 1. The van der Waals surface area contributed by atoms with Gasteiger partial charge in [0.1, 0.15) is 6.54 Å². The van der Waals surface area contributed by atoms with Crippen LogP contribution in [-0.4, -0.2) is 32.7 Å². The number of hydrogen-bond acceptors (Lipinski definition) is 3. The Bertz CT molecular complexity index is 575. The van der Waals surface area contributed by atoms with Crippen LogP contribution >= 0.6 is 0 Å². The Morgan fingerprint density at radius 3 is 2.89 bits per heavy atom. The minimum atomic E-state index is -0.401. The Balaban J connectivity index is 2.07.